The van der Waals surface area contributed by atoms with Crippen molar-refractivity contribution in [3.8, 4) is 11.5 Å². The molecule has 1 rings (SSSR count). The van der Waals surface area contributed by atoms with Gasteiger partial charge in [0.15, 0.2) is 11.5 Å². The van der Waals surface area contributed by atoms with Gasteiger partial charge in [-0.25, -0.2) is 4.79 Å². The molecule has 6 nitrogen and oxygen atoms in total. The number of carbonyl (C=O) groups is 1. The van der Waals surface area contributed by atoms with E-state index in [1.807, 2.05) is 6.92 Å². The highest BCUT2D eigenvalue weighted by atomic mass is 16.5. The van der Waals surface area contributed by atoms with Crippen molar-refractivity contribution < 1.29 is 19.4 Å². The molecule has 0 spiro atoms. The summed E-state index contributed by atoms with van der Waals surface area (Å²) in [7, 11) is 0. The molecule has 0 aromatic heterocycles. The fourth-order valence-corrected chi connectivity index (χ4v) is 1.61. The minimum Gasteiger partial charge on any atom is -0.505 e. The van der Waals surface area contributed by atoms with E-state index in [-0.39, 0.29) is 34.5 Å². The molecule has 1 aromatic carbocycles. The van der Waals surface area contributed by atoms with Crippen molar-refractivity contribution in [3.05, 3.63) is 11.6 Å². The third-order valence-corrected chi connectivity index (χ3v) is 2.62. The molecular formula is C14H22N2O4. The molecule has 0 fully saturated rings. The molecule has 0 unspecified atom stereocenters. The lowest BCUT2D eigenvalue weighted by atomic mass is 10.1. The van der Waals surface area contributed by atoms with Crippen LogP contribution in [0.5, 0.6) is 11.5 Å². The average molecular weight is 282 g/mol. The first-order chi connectivity index (χ1) is 9.38. The number of anilines is 2. The van der Waals surface area contributed by atoms with Crippen LogP contribution in [0.2, 0.25) is 0 Å². The Morgan fingerprint density at radius 1 is 1.40 bits per heavy atom. The molecule has 0 bridgehead atoms. The van der Waals surface area contributed by atoms with Crippen LogP contribution in [-0.4, -0.2) is 23.8 Å². The van der Waals surface area contributed by atoms with Gasteiger partial charge >= 0.3 is 5.97 Å². The van der Waals surface area contributed by atoms with E-state index in [2.05, 4.69) is 0 Å². The Morgan fingerprint density at radius 2 is 2.05 bits per heavy atom. The van der Waals surface area contributed by atoms with Crippen LogP contribution in [0.1, 0.15) is 44.0 Å². The number of phenolic OH excluding ortho intramolecular Hbond substituents is 1. The van der Waals surface area contributed by atoms with Crippen LogP contribution in [0.15, 0.2) is 6.07 Å². The predicted octanol–water partition coefficient (Wildman–Crippen LogP) is 2.30. The Bertz CT molecular complexity index is 487. The highest BCUT2D eigenvalue weighted by Crippen LogP contribution is 2.39. The smallest absolute Gasteiger partial charge is 0.342 e. The van der Waals surface area contributed by atoms with Gasteiger partial charge in [-0.15, -0.1) is 0 Å². The number of hydrogen-bond donors (Lipinski definition) is 3. The van der Waals surface area contributed by atoms with Crippen molar-refractivity contribution >= 4 is 17.3 Å². The van der Waals surface area contributed by atoms with Crippen LogP contribution in [0.4, 0.5) is 11.4 Å². The first-order valence-electron chi connectivity index (χ1n) is 6.63. The van der Waals surface area contributed by atoms with Crippen LogP contribution in [0.3, 0.4) is 0 Å². The van der Waals surface area contributed by atoms with Gasteiger partial charge in [-0.2, -0.15) is 0 Å². The average Bonchev–Trinajstić information content (AvgIpc) is 2.37. The topological polar surface area (TPSA) is 108 Å². The first-order valence-corrected chi connectivity index (χ1v) is 6.63. The van der Waals surface area contributed by atoms with E-state index in [1.54, 1.807) is 13.8 Å². The minimum absolute atomic E-state index is 0.0446. The van der Waals surface area contributed by atoms with Gasteiger partial charge in [0, 0.05) is 0 Å². The summed E-state index contributed by atoms with van der Waals surface area (Å²) < 4.78 is 10.5. The van der Waals surface area contributed by atoms with E-state index in [0.29, 0.717) is 6.61 Å². The van der Waals surface area contributed by atoms with E-state index < -0.39 is 5.97 Å². The standard InChI is InChI=1S/C14H22N2O4/c1-4-5-6-19-13-10(15)7-9(12(17)11(13)16)14(18)20-8(2)3/h7-8,17H,4-6,15-16H2,1-3H3. The van der Waals surface area contributed by atoms with Crippen molar-refractivity contribution in [1.82, 2.24) is 0 Å². The van der Waals surface area contributed by atoms with E-state index in [4.69, 9.17) is 20.9 Å². The number of esters is 1. The number of ether oxygens (including phenoxy) is 2. The van der Waals surface area contributed by atoms with Crippen LogP contribution in [-0.2, 0) is 4.74 Å². The molecule has 0 radical (unpaired) electrons. The van der Waals surface area contributed by atoms with Crippen molar-refractivity contribution in [1.29, 1.82) is 0 Å². The number of nitrogen functional groups attached to an aromatic ring is 2. The Labute approximate surface area is 118 Å². The van der Waals surface area contributed by atoms with Crippen molar-refractivity contribution in [3.63, 3.8) is 0 Å². The fraction of sp³-hybridized carbons (Fsp3) is 0.500. The number of unbranched alkanes of at least 4 members (excludes halogenated alkanes) is 1. The number of phenols is 1. The summed E-state index contributed by atoms with van der Waals surface area (Å²) >= 11 is 0. The molecular weight excluding hydrogens is 260 g/mol. The number of hydrogen-bond acceptors (Lipinski definition) is 6. The number of nitrogens with two attached hydrogens (primary N) is 2. The lowest BCUT2D eigenvalue weighted by molar-refractivity contribution is 0.0375. The van der Waals surface area contributed by atoms with Gasteiger partial charge in [0.1, 0.15) is 11.3 Å². The van der Waals surface area contributed by atoms with E-state index in [1.165, 1.54) is 6.07 Å². The number of benzene rings is 1. The minimum atomic E-state index is -0.670. The zero-order chi connectivity index (χ0) is 15.3. The van der Waals surface area contributed by atoms with Gasteiger partial charge in [0.2, 0.25) is 0 Å². The molecule has 0 atom stereocenters. The Balaban J connectivity index is 3.05. The van der Waals surface area contributed by atoms with E-state index >= 15 is 0 Å². The van der Waals surface area contributed by atoms with Crippen molar-refractivity contribution in [2.24, 2.45) is 0 Å². The van der Waals surface area contributed by atoms with E-state index in [0.717, 1.165) is 12.8 Å². The van der Waals surface area contributed by atoms with Gasteiger partial charge in [-0.05, 0) is 26.3 Å². The first kappa shape index (κ1) is 15.9. The maximum Gasteiger partial charge on any atom is 0.342 e. The third kappa shape index (κ3) is 3.69. The lowest BCUT2D eigenvalue weighted by Crippen LogP contribution is -2.13. The second-order valence-corrected chi connectivity index (χ2v) is 4.76. The quantitative estimate of drug-likeness (QED) is 0.243. The molecule has 0 saturated heterocycles. The Kier molecular flexibility index (Phi) is 5.49. The van der Waals surface area contributed by atoms with Gasteiger partial charge < -0.3 is 26.0 Å². The summed E-state index contributed by atoms with van der Waals surface area (Å²) in [4.78, 5) is 11.8. The highest BCUT2D eigenvalue weighted by Gasteiger charge is 2.21. The molecule has 0 amide bonds. The summed E-state index contributed by atoms with van der Waals surface area (Å²) in [5.41, 5.74) is 11.7. The normalized spacial score (nSPS) is 10.6. The van der Waals surface area contributed by atoms with Gasteiger partial charge in [-0.1, -0.05) is 13.3 Å². The number of carbonyl (C=O) groups excluding carboxylic acids is 1. The number of rotatable bonds is 6. The van der Waals surface area contributed by atoms with Crippen LogP contribution in [0, 0.1) is 0 Å². The summed E-state index contributed by atoms with van der Waals surface area (Å²) in [6, 6.07) is 1.32. The maximum absolute atomic E-state index is 11.8. The van der Waals surface area contributed by atoms with Gasteiger partial charge in [-0.3, -0.25) is 0 Å². The molecule has 0 aliphatic carbocycles. The molecule has 112 valence electrons. The van der Waals surface area contributed by atoms with Crippen molar-refractivity contribution in [2.45, 2.75) is 39.7 Å². The van der Waals surface area contributed by atoms with E-state index in [9.17, 15) is 9.90 Å². The molecule has 0 saturated carbocycles. The molecule has 6 heteroatoms. The Hall–Kier alpha value is -2.11. The van der Waals surface area contributed by atoms with Crippen LogP contribution >= 0.6 is 0 Å². The summed E-state index contributed by atoms with van der Waals surface area (Å²) in [6.45, 7) is 5.90. The third-order valence-electron chi connectivity index (χ3n) is 2.62. The maximum atomic E-state index is 11.8. The Morgan fingerprint density at radius 3 is 2.60 bits per heavy atom. The van der Waals surface area contributed by atoms with Crippen molar-refractivity contribution in [2.75, 3.05) is 18.1 Å². The SMILES string of the molecule is CCCCOc1c(N)cc(C(=O)OC(C)C)c(O)c1N. The predicted molar refractivity (Wildman–Crippen MR) is 77.9 cm³/mol. The molecule has 0 heterocycles. The monoisotopic (exact) mass is 282 g/mol. The second-order valence-electron chi connectivity index (χ2n) is 4.76. The molecule has 5 N–H and O–H groups in total. The molecule has 20 heavy (non-hydrogen) atoms. The number of aromatic hydroxyl groups is 1. The summed E-state index contributed by atoms with van der Waals surface area (Å²) in [5.74, 6) is -0.829. The fourth-order valence-electron chi connectivity index (χ4n) is 1.61. The van der Waals surface area contributed by atoms with Crippen LogP contribution in [0.25, 0.3) is 0 Å². The molecule has 0 aliphatic rings. The van der Waals surface area contributed by atoms with Crippen LogP contribution < -0.4 is 16.2 Å². The summed E-state index contributed by atoms with van der Waals surface area (Å²) in [6.07, 6.45) is 1.51. The lowest BCUT2D eigenvalue weighted by Gasteiger charge is -2.15. The summed E-state index contributed by atoms with van der Waals surface area (Å²) in [5, 5.41) is 9.98. The van der Waals surface area contributed by atoms with Gasteiger partial charge in [0.05, 0.1) is 18.4 Å². The zero-order valence-electron chi connectivity index (χ0n) is 12.1. The van der Waals surface area contributed by atoms with Gasteiger partial charge in [0.25, 0.3) is 0 Å². The molecule has 0 aliphatic heterocycles. The zero-order valence-corrected chi connectivity index (χ0v) is 12.1. The largest absolute Gasteiger partial charge is 0.505 e. The highest BCUT2D eigenvalue weighted by molar-refractivity contribution is 5.97. The second kappa shape index (κ2) is 6.88. The molecule has 1 aromatic rings.